The lowest BCUT2D eigenvalue weighted by Crippen LogP contribution is -2.15. The number of ether oxygens (including phenoxy) is 1. The molecule has 0 aliphatic carbocycles. The van der Waals surface area contributed by atoms with Crippen molar-refractivity contribution >= 4 is 45.6 Å². The maximum atomic E-state index is 12.5. The SMILES string of the molecule is COc1ccc(Cl)cc1C(=O)Nc1cccc(C(=O)Nc2nccs2)c1. The Hall–Kier alpha value is -2.90. The Labute approximate surface area is 158 Å². The molecule has 132 valence electrons. The molecule has 2 aromatic carbocycles. The maximum Gasteiger partial charge on any atom is 0.259 e. The van der Waals surface area contributed by atoms with Gasteiger partial charge in [-0.15, -0.1) is 11.3 Å². The van der Waals surface area contributed by atoms with Gasteiger partial charge in [0.2, 0.25) is 0 Å². The van der Waals surface area contributed by atoms with E-state index in [0.29, 0.717) is 32.7 Å². The molecule has 0 fully saturated rings. The van der Waals surface area contributed by atoms with Crippen molar-refractivity contribution in [2.45, 2.75) is 0 Å². The molecule has 2 amide bonds. The third-order valence-corrected chi connectivity index (χ3v) is 4.37. The lowest BCUT2D eigenvalue weighted by Gasteiger charge is -2.10. The topological polar surface area (TPSA) is 80.3 Å². The minimum Gasteiger partial charge on any atom is -0.496 e. The Balaban J connectivity index is 1.77. The molecular weight excluding hydrogens is 374 g/mol. The van der Waals surface area contributed by atoms with Gasteiger partial charge in [-0.1, -0.05) is 17.7 Å². The van der Waals surface area contributed by atoms with Crippen LogP contribution in [-0.4, -0.2) is 23.9 Å². The fourth-order valence-corrected chi connectivity index (χ4v) is 2.94. The number of amides is 2. The van der Waals surface area contributed by atoms with E-state index >= 15 is 0 Å². The van der Waals surface area contributed by atoms with Crippen LogP contribution >= 0.6 is 22.9 Å². The number of rotatable bonds is 5. The first-order valence-corrected chi connectivity index (χ1v) is 8.78. The van der Waals surface area contributed by atoms with E-state index in [1.54, 1.807) is 48.0 Å². The molecule has 0 aliphatic heterocycles. The van der Waals surface area contributed by atoms with Gasteiger partial charge in [-0.2, -0.15) is 0 Å². The van der Waals surface area contributed by atoms with Gasteiger partial charge < -0.3 is 10.1 Å². The maximum absolute atomic E-state index is 12.5. The van der Waals surface area contributed by atoms with Gasteiger partial charge in [0.05, 0.1) is 12.7 Å². The molecule has 0 spiro atoms. The summed E-state index contributed by atoms with van der Waals surface area (Å²) in [4.78, 5) is 28.8. The molecule has 0 atom stereocenters. The van der Waals surface area contributed by atoms with Crippen LogP contribution in [0.2, 0.25) is 5.02 Å². The van der Waals surface area contributed by atoms with Gasteiger partial charge in [0, 0.05) is 27.9 Å². The van der Waals surface area contributed by atoms with Gasteiger partial charge in [-0.05, 0) is 36.4 Å². The van der Waals surface area contributed by atoms with E-state index in [9.17, 15) is 9.59 Å². The average Bonchev–Trinajstić information content (AvgIpc) is 3.15. The highest BCUT2D eigenvalue weighted by Crippen LogP contribution is 2.24. The van der Waals surface area contributed by atoms with Crippen molar-refractivity contribution in [3.05, 3.63) is 70.2 Å². The van der Waals surface area contributed by atoms with Gasteiger partial charge in [0.25, 0.3) is 11.8 Å². The molecule has 0 saturated heterocycles. The Morgan fingerprint density at radius 2 is 1.96 bits per heavy atom. The van der Waals surface area contributed by atoms with Crippen molar-refractivity contribution in [1.29, 1.82) is 0 Å². The summed E-state index contributed by atoms with van der Waals surface area (Å²) in [6.45, 7) is 0. The second-order valence-corrected chi connectivity index (χ2v) is 6.50. The van der Waals surface area contributed by atoms with Crippen LogP contribution in [-0.2, 0) is 0 Å². The first kappa shape index (κ1) is 17.9. The van der Waals surface area contributed by atoms with Gasteiger partial charge in [-0.25, -0.2) is 4.98 Å². The molecule has 0 unspecified atom stereocenters. The summed E-state index contributed by atoms with van der Waals surface area (Å²) in [5, 5.41) is 8.14. The number of halogens is 1. The van der Waals surface area contributed by atoms with E-state index in [2.05, 4.69) is 15.6 Å². The molecular formula is C18H14ClN3O3S. The summed E-state index contributed by atoms with van der Waals surface area (Å²) in [5.74, 6) is -0.289. The number of nitrogens with one attached hydrogen (secondary N) is 2. The first-order valence-electron chi connectivity index (χ1n) is 7.52. The second-order valence-electron chi connectivity index (χ2n) is 5.17. The predicted octanol–water partition coefficient (Wildman–Crippen LogP) is 4.31. The van der Waals surface area contributed by atoms with Crippen LogP contribution in [0.5, 0.6) is 5.75 Å². The zero-order valence-electron chi connectivity index (χ0n) is 13.7. The summed E-state index contributed by atoms with van der Waals surface area (Å²) in [5.41, 5.74) is 1.18. The summed E-state index contributed by atoms with van der Waals surface area (Å²) < 4.78 is 5.19. The van der Waals surface area contributed by atoms with E-state index < -0.39 is 0 Å². The molecule has 1 aromatic heterocycles. The number of carbonyl (C=O) groups excluding carboxylic acids is 2. The zero-order valence-corrected chi connectivity index (χ0v) is 15.2. The van der Waals surface area contributed by atoms with Crippen LogP contribution in [0, 0.1) is 0 Å². The molecule has 6 nitrogen and oxygen atoms in total. The standard InChI is InChI=1S/C18H14ClN3O3S/c1-25-15-6-5-12(19)10-14(15)17(24)21-13-4-2-3-11(9-13)16(23)22-18-20-7-8-26-18/h2-10H,1H3,(H,21,24)(H,20,22,23). The summed E-state index contributed by atoms with van der Waals surface area (Å²) >= 11 is 7.29. The molecule has 0 saturated carbocycles. The Kier molecular flexibility index (Phi) is 5.50. The van der Waals surface area contributed by atoms with Crippen LogP contribution in [0.1, 0.15) is 20.7 Å². The van der Waals surface area contributed by atoms with Crippen LogP contribution in [0.3, 0.4) is 0 Å². The largest absolute Gasteiger partial charge is 0.496 e. The van der Waals surface area contributed by atoms with Gasteiger partial charge >= 0.3 is 0 Å². The molecule has 26 heavy (non-hydrogen) atoms. The fourth-order valence-electron chi connectivity index (χ4n) is 2.25. The number of carbonyl (C=O) groups is 2. The van der Waals surface area contributed by atoms with Gasteiger partial charge in [-0.3, -0.25) is 14.9 Å². The third-order valence-electron chi connectivity index (χ3n) is 3.44. The molecule has 1 heterocycles. The monoisotopic (exact) mass is 387 g/mol. The van der Waals surface area contributed by atoms with Gasteiger partial charge in [0.15, 0.2) is 5.13 Å². The lowest BCUT2D eigenvalue weighted by atomic mass is 10.1. The van der Waals surface area contributed by atoms with E-state index in [-0.39, 0.29) is 11.8 Å². The molecule has 3 aromatic rings. The number of hydrogen-bond donors (Lipinski definition) is 2. The van der Waals surface area contributed by atoms with Crippen molar-refractivity contribution in [2.24, 2.45) is 0 Å². The number of hydrogen-bond acceptors (Lipinski definition) is 5. The van der Waals surface area contributed by atoms with Crippen LogP contribution < -0.4 is 15.4 Å². The third kappa shape index (κ3) is 4.19. The minimum atomic E-state index is -0.387. The van der Waals surface area contributed by atoms with Crippen molar-refractivity contribution in [3.63, 3.8) is 0 Å². The van der Waals surface area contributed by atoms with Gasteiger partial charge in [0.1, 0.15) is 5.75 Å². The predicted molar refractivity (Wildman–Crippen MR) is 102 cm³/mol. The highest BCUT2D eigenvalue weighted by molar-refractivity contribution is 7.13. The Morgan fingerprint density at radius 1 is 1.12 bits per heavy atom. The smallest absolute Gasteiger partial charge is 0.259 e. The van der Waals surface area contributed by atoms with E-state index in [1.165, 1.54) is 24.5 Å². The number of methoxy groups -OCH3 is 1. The molecule has 2 N–H and O–H groups in total. The summed E-state index contributed by atoms with van der Waals surface area (Å²) in [6.07, 6.45) is 1.61. The number of nitrogens with zero attached hydrogens (tertiary/aromatic N) is 1. The van der Waals surface area contributed by atoms with Crippen molar-refractivity contribution in [3.8, 4) is 5.75 Å². The summed E-state index contributed by atoms with van der Waals surface area (Å²) in [7, 11) is 1.48. The Bertz CT molecular complexity index is 945. The zero-order chi connectivity index (χ0) is 18.5. The van der Waals surface area contributed by atoms with E-state index in [1.807, 2.05) is 0 Å². The normalized spacial score (nSPS) is 10.2. The second kappa shape index (κ2) is 7.99. The highest BCUT2D eigenvalue weighted by atomic mass is 35.5. The lowest BCUT2D eigenvalue weighted by molar-refractivity contribution is 0.101. The van der Waals surface area contributed by atoms with E-state index in [4.69, 9.17) is 16.3 Å². The van der Waals surface area contributed by atoms with Crippen molar-refractivity contribution in [1.82, 2.24) is 4.98 Å². The number of benzene rings is 2. The fraction of sp³-hybridized carbons (Fsp3) is 0.0556. The number of thiazole rings is 1. The van der Waals surface area contributed by atoms with Crippen LogP contribution in [0.25, 0.3) is 0 Å². The van der Waals surface area contributed by atoms with Crippen molar-refractivity contribution in [2.75, 3.05) is 17.7 Å². The quantitative estimate of drug-likeness (QED) is 0.683. The van der Waals surface area contributed by atoms with E-state index in [0.717, 1.165) is 0 Å². The molecule has 8 heteroatoms. The van der Waals surface area contributed by atoms with Crippen LogP contribution in [0.15, 0.2) is 54.0 Å². The first-order chi connectivity index (χ1) is 12.6. The molecule has 0 radical (unpaired) electrons. The summed E-state index contributed by atoms with van der Waals surface area (Å²) in [6, 6.07) is 11.4. The average molecular weight is 388 g/mol. The molecule has 0 aliphatic rings. The molecule has 3 rings (SSSR count). The Morgan fingerprint density at radius 3 is 2.69 bits per heavy atom. The highest BCUT2D eigenvalue weighted by Gasteiger charge is 2.14. The van der Waals surface area contributed by atoms with Crippen LogP contribution in [0.4, 0.5) is 10.8 Å². The number of anilines is 2. The minimum absolute atomic E-state index is 0.303. The molecule has 0 bridgehead atoms. The van der Waals surface area contributed by atoms with Crippen molar-refractivity contribution < 1.29 is 14.3 Å². The number of aromatic nitrogens is 1.